The lowest BCUT2D eigenvalue weighted by Gasteiger charge is -2.51. The van der Waals surface area contributed by atoms with Crippen molar-refractivity contribution >= 4 is 17.7 Å². The van der Waals surface area contributed by atoms with Gasteiger partial charge in [0.2, 0.25) is 17.7 Å². The van der Waals surface area contributed by atoms with E-state index in [1.54, 1.807) is 0 Å². The summed E-state index contributed by atoms with van der Waals surface area (Å²) < 4.78 is 93.0. The molecule has 8 heterocycles. The van der Waals surface area contributed by atoms with Gasteiger partial charge in [-0.2, -0.15) is 0 Å². The number of hydrogen-bond donors (Lipinski definition) is 29. The number of hydrogen-bond acceptors (Lipinski definition) is 45. The highest BCUT2D eigenvalue weighted by Crippen LogP contribution is 2.39. The molecule has 0 spiro atoms. The van der Waals surface area contributed by atoms with E-state index in [2.05, 4.69) is 16.0 Å². The molecule has 3 amide bonds. The van der Waals surface area contributed by atoms with Gasteiger partial charge in [-0.1, -0.05) is 0 Å². The summed E-state index contributed by atoms with van der Waals surface area (Å²) in [4.78, 5) is 38.2. The Labute approximate surface area is 612 Å². The van der Waals surface area contributed by atoms with Crippen molar-refractivity contribution in [3.05, 3.63) is 0 Å². The van der Waals surface area contributed by atoms with Crippen LogP contribution in [0.25, 0.3) is 0 Å². The molecule has 0 aromatic carbocycles. The van der Waals surface area contributed by atoms with E-state index in [9.17, 15) is 147 Å². The lowest BCUT2D eigenvalue weighted by Crippen LogP contribution is -2.70. The summed E-state index contributed by atoms with van der Waals surface area (Å²) in [6, 6.07) is -5.69. The molecule has 29 N–H and O–H groups in total. The fourth-order valence-corrected chi connectivity index (χ4v) is 13.4. The van der Waals surface area contributed by atoms with Crippen LogP contribution in [0.15, 0.2) is 0 Å². The van der Waals surface area contributed by atoms with Gasteiger partial charge in [0, 0.05) is 20.8 Å². The van der Waals surface area contributed by atoms with Crippen LogP contribution in [0.1, 0.15) is 27.7 Å². The number of aliphatic hydroxyl groups is 26. The third-order valence-electron chi connectivity index (χ3n) is 19.5. The van der Waals surface area contributed by atoms with Crippen molar-refractivity contribution in [3.63, 3.8) is 0 Å². The van der Waals surface area contributed by atoms with E-state index in [0.29, 0.717) is 0 Å². The number of ether oxygens (including phenoxy) is 16. The third-order valence-corrected chi connectivity index (χ3v) is 19.5. The van der Waals surface area contributed by atoms with E-state index < -0.39 is 347 Å². The first-order chi connectivity index (χ1) is 51.0. The molecule has 8 fully saturated rings. The van der Waals surface area contributed by atoms with Gasteiger partial charge in [-0.15, -0.1) is 0 Å². The molecule has 0 aromatic rings. The standard InChI is InChI=1S/C60H103N3O45/c1-14-29(74)38(83)43(88)55(96-14)93-11-19(73)48(30(75)18(5-64)61-15(2)70)104-53-27(62-16(3)71)36(81)50(24(10-69)100-53)106-59-47(92)51(35(80)26(103-59)13-95-57-45(90)41(86)34(79)25(102-57)12-94-56-44(89)39(84)31(76)20(6-65)97-56)107-60-52(42(87)33(78)22(8-67)99-60)108-54-28(63-17(4)72)37(82)49(23(9-68)101-54)105-58-46(91)40(85)32(77)21(7-66)98-58/h14,18-60,64-69,73-92H,5-13H2,1-4H3,(H,61,70)(H,62,71)(H,63,72)/t14-,18-,19+,20+,21+,22+,23+,24+,25+,26+,27+,28+,29+,30+,31+,32-,33+,34+,35+,36+,37+,38+,39-,40-,41-,42-,43-,44-,45-,46+,47-,48+,49+,50+,51-,52-,53-,54-,55+,56-,57-,58-,59-,60+/m0/s1. The van der Waals surface area contributed by atoms with Gasteiger partial charge < -0.3 is 225 Å². The summed E-state index contributed by atoms with van der Waals surface area (Å²) in [6.07, 6.45) is -84.1. The zero-order chi connectivity index (χ0) is 79.9. The van der Waals surface area contributed by atoms with Crippen molar-refractivity contribution < 1.29 is 223 Å². The van der Waals surface area contributed by atoms with Crippen LogP contribution < -0.4 is 16.0 Å². The van der Waals surface area contributed by atoms with Crippen molar-refractivity contribution in [2.24, 2.45) is 0 Å². The summed E-state index contributed by atoms with van der Waals surface area (Å²) in [5.74, 6) is -2.80. The topological polar surface area (TPSA) is 761 Å². The van der Waals surface area contributed by atoms with E-state index in [-0.39, 0.29) is 0 Å². The Morgan fingerprint density at radius 2 is 0.704 bits per heavy atom. The average molecular weight is 1590 g/mol. The minimum absolute atomic E-state index is 0.847. The SMILES string of the molecule is CC(=O)N[C@H]1[C@H](O[C@@H]([C@H](O)[C@H](CO)NC(C)=O)[C@H](O)CO[C@@H]2O[C@@H](C)[C@@H](O)[C@@H](O)[C@@H]2O)O[C@H](CO)[C@@H](O[C@@H]2O[C@H](CO[C@H]3O[C@H](CO[C@H]4O[C@H](CO)[C@@H](O)[C@H](O)[C@@H]4O)[C@@H](O)[C@H](O)[C@@H]3O)[C@@H](O)[C@H](O[C@H]3O[C@H](CO)[C@@H](O)[C@H](O)[C@@H]3O[C@@H]3O[C@H](CO)[C@@H](O[C@@H]4O[C@H](CO)[C@H](O)[C@H](O)[C@H]4O)[C@H](O)[C@H]3NC(C)=O)[C@@H]2O)[C@@H]1O. The molecule has 44 atom stereocenters. The Balaban J connectivity index is 1.11. The zero-order valence-electron chi connectivity index (χ0n) is 58.2. The molecule has 8 rings (SSSR count). The van der Waals surface area contributed by atoms with E-state index in [1.807, 2.05) is 0 Å². The van der Waals surface area contributed by atoms with E-state index >= 15 is 0 Å². The molecule has 108 heavy (non-hydrogen) atoms. The maximum atomic E-state index is 13.1. The normalized spacial score (nSPS) is 47.3. The molecule has 0 bridgehead atoms. The lowest BCUT2D eigenvalue weighted by atomic mass is 9.94. The van der Waals surface area contributed by atoms with Crippen LogP contribution in [0.2, 0.25) is 0 Å². The van der Waals surface area contributed by atoms with Crippen LogP contribution in [-0.2, 0) is 90.2 Å². The number of carbonyl (C=O) groups is 3. The molecule has 8 saturated heterocycles. The number of carbonyl (C=O) groups excluding carboxylic acids is 3. The quantitative estimate of drug-likeness (QED) is 0.0306. The second-order valence-corrected chi connectivity index (χ2v) is 27.3. The van der Waals surface area contributed by atoms with Crippen LogP contribution in [0.3, 0.4) is 0 Å². The molecular weight excluding hydrogens is 1480 g/mol. The van der Waals surface area contributed by atoms with Gasteiger partial charge in [-0.05, 0) is 6.92 Å². The largest absolute Gasteiger partial charge is 0.394 e. The average Bonchev–Trinajstić information content (AvgIpc) is 0.764. The number of amides is 3. The summed E-state index contributed by atoms with van der Waals surface area (Å²) in [6.45, 7) is -5.40. The first-order valence-electron chi connectivity index (χ1n) is 34.4. The molecule has 628 valence electrons. The second kappa shape index (κ2) is 39.9. The van der Waals surface area contributed by atoms with E-state index in [4.69, 9.17) is 75.8 Å². The second-order valence-electron chi connectivity index (χ2n) is 27.3. The van der Waals surface area contributed by atoms with Crippen LogP contribution in [0.4, 0.5) is 0 Å². The zero-order valence-corrected chi connectivity index (χ0v) is 58.2. The Bertz CT molecular complexity index is 2770. The fourth-order valence-electron chi connectivity index (χ4n) is 13.4. The van der Waals surface area contributed by atoms with Gasteiger partial charge in [0.25, 0.3) is 0 Å². The highest BCUT2D eigenvalue weighted by molar-refractivity contribution is 5.74. The molecule has 8 aliphatic heterocycles. The maximum Gasteiger partial charge on any atom is 0.217 e. The minimum atomic E-state index is -2.56. The smallest absolute Gasteiger partial charge is 0.217 e. The van der Waals surface area contributed by atoms with Crippen LogP contribution in [-0.4, -0.2) is 480 Å². The Morgan fingerprint density at radius 3 is 1.18 bits per heavy atom. The van der Waals surface area contributed by atoms with E-state index in [1.165, 1.54) is 6.92 Å². The van der Waals surface area contributed by atoms with Gasteiger partial charge >= 0.3 is 0 Å². The molecule has 0 unspecified atom stereocenters. The van der Waals surface area contributed by atoms with E-state index in [0.717, 1.165) is 20.8 Å². The lowest BCUT2D eigenvalue weighted by molar-refractivity contribution is -0.397. The molecule has 0 aromatic heterocycles. The maximum absolute atomic E-state index is 13.1. The summed E-state index contributed by atoms with van der Waals surface area (Å²) >= 11 is 0. The first kappa shape index (κ1) is 90.3. The molecule has 8 aliphatic rings. The molecule has 0 radical (unpaired) electrons. The van der Waals surface area contributed by atoms with Gasteiger partial charge in [0.1, 0.15) is 207 Å². The molecule has 0 aliphatic carbocycles. The monoisotopic (exact) mass is 1590 g/mol. The third kappa shape index (κ3) is 20.5. The van der Waals surface area contributed by atoms with Crippen LogP contribution in [0, 0.1) is 0 Å². The van der Waals surface area contributed by atoms with Crippen molar-refractivity contribution in [2.45, 2.75) is 298 Å². The minimum Gasteiger partial charge on any atom is -0.394 e. The Kier molecular flexibility index (Phi) is 33.3. The van der Waals surface area contributed by atoms with Crippen molar-refractivity contribution in [1.29, 1.82) is 0 Å². The highest BCUT2D eigenvalue weighted by Gasteiger charge is 2.60. The molecular formula is C60H103N3O45. The predicted octanol–water partition coefficient (Wildman–Crippen LogP) is -19.5. The number of aliphatic hydroxyl groups excluding tert-OH is 26. The summed E-state index contributed by atoms with van der Waals surface area (Å²) in [7, 11) is 0. The van der Waals surface area contributed by atoms with Crippen molar-refractivity contribution in [2.75, 3.05) is 59.5 Å². The molecule has 48 heteroatoms. The number of rotatable bonds is 31. The van der Waals surface area contributed by atoms with Crippen molar-refractivity contribution in [3.8, 4) is 0 Å². The van der Waals surface area contributed by atoms with Crippen molar-refractivity contribution in [1.82, 2.24) is 16.0 Å². The molecule has 0 saturated carbocycles. The molecule has 48 nitrogen and oxygen atoms in total. The first-order valence-corrected chi connectivity index (χ1v) is 34.4. The highest BCUT2D eigenvalue weighted by atomic mass is 16.8. The Morgan fingerprint density at radius 1 is 0.343 bits per heavy atom. The predicted molar refractivity (Wildman–Crippen MR) is 333 cm³/mol. The number of nitrogens with one attached hydrogen (secondary N) is 3. The van der Waals surface area contributed by atoms with Gasteiger partial charge in [0.15, 0.2) is 50.3 Å². The van der Waals surface area contributed by atoms with Crippen LogP contribution >= 0.6 is 0 Å². The Hall–Kier alpha value is -3.27. The van der Waals surface area contributed by atoms with Gasteiger partial charge in [-0.3, -0.25) is 14.4 Å². The van der Waals surface area contributed by atoms with Gasteiger partial charge in [-0.25, -0.2) is 0 Å². The summed E-state index contributed by atoms with van der Waals surface area (Å²) in [5.41, 5.74) is 0. The van der Waals surface area contributed by atoms with Gasteiger partial charge in [0.05, 0.1) is 71.6 Å². The fraction of sp³-hybridized carbons (Fsp3) is 0.950. The van der Waals surface area contributed by atoms with Crippen LogP contribution in [0.5, 0.6) is 0 Å². The summed E-state index contributed by atoms with van der Waals surface area (Å²) in [5, 5.41) is 292.